The number of carbonyl (C=O) groups is 2. The van der Waals surface area contributed by atoms with E-state index in [0.29, 0.717) is 32.5 Å². The minimum Gasteiger partial charge on any atom is -0.467 e. The van der Waals surface area contributed by atoms with Gasteiger partial charge in [0.05, 0.1) is 18.5 Å². The third kappa shape index (κ3) is 4.01. The molecule has 2 N–H and O–H groups in total. The van der Waals surface area contributed by atoms with Gasteiger partial charge in [-0.05, 0) is 36.4 Å². The number of carbonyl (C=O) groups excluding carboxylic acids is 2. The number of rotatable bonds is 4. The Morgan fingerprint density at radius 2 is 1.79 bits per heavy atom. The van der Waals surface area contributed by atoms with Gasteiger partial charge in [-0.3, -0.25) is 4.79 Å². The predicted octanol–water partition coefficient (Wildman–Crippen LogP) is 3.99. The number of benzene rings is 2. The molecule has 2 aromatic carbocycles. The molecular weight excluding hydrogens is 354 g/mol. The lowest BCUT2D eigenvalue weighted by atomic mass is 9.96. The highest BCUT2D eigenvalue weighted by atomic mass is 16.3. The van der Waals surface area contributed by atoms with E-state index in [1.165, 1.54) is 0 Å². The molecule has 6 heteroatoms. The maximum Gasteiger partial charge on any atom is 0.321 e. The van der Waals surface area contributed by atoms with Crippen molar-refractivity contribution >= 4 is 28.4 Å². The highest BCUT2D eigenvalue weighted by molar-refractivity contribution is 6.01. The van der Waals surface area contributed by atoms with Crippen molar-refractivity contribution in [2.45, 2.75) is 19.4 Å². The van der Waals surface area contributed by atoms with Crippen LogP contribution in [0, 0.1) is 5.92 Å². The van der Waals surface area contributed by atoms with Crippen molar-refractivity contribution < 1.29 is 14.0 Å². The van der Waals surface area contributed by atoms with Gasteiger partial charge in [0, 0.05) is 24.4 Å². The number of piperidine rings is 1. The monoisotopic (exact) mass is 377 g/mol. The van der Waals surface area contributed by atoms with E-state index in [2.05, 4.69) is 10.6 Å². The molecular formula is C22H23N3O3. The molecule has 28 heavy (non-hydrogen) atoms. The van der Waals surface area contributed by atoms with Crippen molar-refractivity contribution in [1.82, 2.24) is 10.2 Å². The summed E-state index contributed by atoms with van der Waals surface area (Å²) in [5, 5.41) is 8.03. The minimum absolute atomic E-state index is 0.0190. The molecule has 2 heterocycles. The van der Waals surface area contributed by atoms with Crippen molar-refractivity contribution in [2.24, 2.45) is 5.92 Å². The molecule has 144 valence electrons. The molecule has 0 bridgehead atoms. The van der Waals surface area contributed by atoms with Crippen molar-refractivity contribution in [3.8, 4) is 0 Å². The van der Waals surface area contributed by atoms with Gasteiger partial charge in [0.1, 0.15) is 5.76 Å². The number of anilines is 1. The third-order valence-corrected chi connectivity index (χ3v) is 5.20. The van der Waals surface area contributed by atoms with E-state index in [0.717, 1.165) is 22.2 Å². The molecule has 0 atom stereocenters. The molecule has 1 fully saturated rings. The summed E-state index contributed by atoms with van der Waals surface area (Å²) < 4.78 is 5.23. The first-order chi connectivity index (χ1) is 13.7. The normalized spacial score (nSPS) is 14.8. The zero-order chi connectivity index (χ0) is 19.3. The smallest absolute Gasteiger partial charge is 0.321 e. The Morgan fingerprint density at radius 1 is 1.00 bits per heavy atom. The van der Waals surface area contributed by atoms with Crippen LogP contribution >= 0.6 is 0 Å². The average molecular weight is 377 g/mol. The van der Waals surface area contributed by atoms with Gasteiger partial charge in [-0.15, -0.1) is 0 Å². The van der Waals surface area contributed by atoms with Gasteiger partial charge in [-0.25, -0.2) is 4.79 Å². The quantitative estimate of drug-likeness (QED) is 0.722. The van der Waals surface area contributed by atoms with Crippen LogP contribution in [0.4, 0.5) is 10.5 Å². The second kappa shape index (κ2) is 8.17. The van der Waals surface area contributed by atoms with Crippen molar-refractivity contribution in [3.63, 3.8) is 0 Å². The fourth-order valence-electron chi connectivity index (χ4n) is 3.61. The number of hydrogen-bond acceptors (Lipinski definition) is 3. The van der Waals surface area contributed by atoms with Crippen LogP contribution in [-0.4, -0.2) is 29.9 Å². The number of nitrogens with zero attached hydrogens (tertiary/aromatic N) is 1. The van der Waals surface area contributed by atoms with E-state index in [4.69, 9.17) is 4.42 Å². The first kappa shape index (κ1) is 18.1. The lowest BCUT2D eigenvalue weighted by molar-refractivity contribution is -0.126. The molecule has 0 aliphatic carbocycles. The van der Waals surface area contributed by atoms with Crippen LogP contribution in [0.3, 0.4) is 0 Å². The first-order valence-electron chi connectivity index (χ1n) is 9.54. The zero-order valence-electron chi connectivity index (χ0n) is 15.6. The second-order valence-corrected chi connectivity index (χ2v) is 7.02. The van der Waals surface area contributed by atoms with Gasteiger partial charge < -0.3 is 20.0 Å². The van der Waals surface area contributed by atoms with E-state index in [1.54, 1.807) is 17.2 Å². The second-order valence-electron chi connectivity index (χ2n) is 7.02. The summed E-state index contributed by atoms with van der Waals surface area (Å²) in [6.07, 6.45) is 2.91. The highest BCUT2D eigenvalue weighted by Crippen LogP contribution is 2.24. The third-order valence-electron chi connectivity index (χ3n) is 5.20. The van der Waals surface area contributed by atoms with Gasteiger partial charge >= 0.3 is 6.03 Å². The topological polar surface area (TPSA) is 74.6 Å². The Kier molecular flexibility index (Phi) is 5.28. The fourth-order valence-corrected chi connectivity index (χ4v) is 3.61. The van der Waals surface area contributed by atoms with E-state index >= 15 is 0 Å². The predicted molar refractivity (Wildman–Crippen MR) is 108 cm³/mol. The lowest BCUT2D eigenvalue weighted by Crippen LogP contribution is -2.44. The fraction of sp³-hybridized carbons (Fsp3) is 0.273. The summed E-state index contributed by atoms with van der Waals surface area (Å²) in [5.74, 6) is 0.683. The van der Waals surface area contributed by atoms with Crippen LogP contribution in [0.2, 0.25) is 0 Å². The van der Waals surface area contributed by atoms with Crippen LogP contribution in [0.5, 0.6) is 0 Å². The standard InChI is InChI=1S/C22H23N3O3/c26-21(23-15-18-7-4-14-28-18)17-10-12-25(13-11-17)22(27)24-20-9-3-6-16-5-1-2-8-19(16)20/h1-9,14,17H,10-13,15H2,(H,23,26)(H,24,27). The summed E-state index contributed by atoms with van der Waals surface area (Å²) in [7, 11) is 0. The Hall–Kier alpha value is -3.28. The Bertz CT molecular complexity index is 955. The largest absolute Gasteiger partial charge is 0.467 e. The average Bonchev–Trinajstić information content (AvgIpc) is 3.26. The number of fused-ring (bicyclic) bond motifs is 1. The van der Waals surface area contributed by atoms with E-state index in [9.17, 15) is 9.59 Å². The van der Waals surface area contributed by atoms with Crippen molar-refractivity contribution in [1.29, 1.82) is 0 Å². The van der Waals surface area contributed by atoms with E-state index in [-0.39, 0.29) is 17.9 Å². The first-order valence-corrected chi connectivity index (χ1v) is 9.54. The molecule has 1 aliphatic heterocycles. The van der Waals surface area contributed by atoms with Crippen molar-refractivity contribution in [2.75, 3.05) is 18.4 Å². The van der Waals surface area contributed by atoms with Gasteiger partial charge in [0.2, 0.25) is 5.91 Å². The number of urea groups is 1. The van der Waals surface area contributed by atoms with E-state index in [1.807, 2.05) is 48.5 Å². The number of likely N-dealkylation sites (tertiary alicyclic amines) is 1. The highest BCUT2D eigenvalue weighted by Gasteiger charge is 2.27. The Morgan fingerprint density at radius 3 is 2.57 bits per heavy atom. The summed E-state index contributed by atoms with van der Waals surface area (Å²) in [5.41, 5.74) is 0.807. The van der Waals surface area contributed by atoms with Gasteiger partial charge in [-0.2, -0.15) is 0 Å². The zero-order valence-corrected chi connectivity index (χ0v) is 15.6. The molecule has 3 aromatic rings. The minimum atomic E-state index is -0.120. The molecule has 0 spiro atoms. The molecule has 0 saturated carbocycles. The molecule has 6 nitrogen and oxygen atoms in total. The summed E-state index contributed by atoms with van der Waals surface area (Å²) >= 11 is 0. The maximum atomic E-state index is 12.7. The number of furan rings is 1. The van der Waals surface area contributed by atoms with Gasteiger partial charge in [0.25, 0.3) is 0 Å². The summed E-state index contributed by atoms with van der Waals surface area (Å²) in [6, 6.07) is 17.4. The summed E-state index contributed by atoms with van der Waals surface area (Å²) in [6.45, 7) is 1.53. The van der Waals surface area contributed by atoms with Crippen molar-refractivity contribution in [3.05, 3.63) is 66.6 Å². The van der Waals surface area contributed by atoms with Crippen LogP contribution in [0.25, 0.3) is 10.8 Å². The molecule has 4 rings (SSSR count). The molecule has 3 amide bonds. The Labute approximate surface area is 163 Å². The molecule has 1 saturated heterocycles. The molecule has 1 aliphatic rings. The SMILES string of the molecule is O=C(NCc1ccco1)C1CCN(C(=O)Nc2cccc3ccccc23)CC1. The van der Waals surface area contributed by atoms with Crippen LogP contribution in [0.15, 0.2) is 65.3 Å². The summed E-state index contributed by atoms with van der Waals surface area (Å²) in [4.78, 5) is 26.8. The molecule has 0 unspecified atom stereocenters. The number of nitrogens with one attached hydrogen (secondary N) is 2. The van der Waals surface area contributed by atoms with E-state index < -0.39 is 0 Å². The number of amides is 3. The Balaban J connectivity index is 1.30. The molecule has 0 radical (unpaired) electrons. The number of hydrogen-bond donors (Lipinski definition) is 2. The van der Waals surface area contributed by atoms with Crippen LogP contribution in [0.1, 0.15) is 18.6 Å². The maximum absolute atomic E-state index is 12.7. The van der Waals surface area contributed by atoms with Crippen LogP contribution < -0.4 is 10.6 Å². The molecule has 1 aromatic heterocycles. The van der Waals surface area contributed by atoms with Crippen LogP contribution in [-0.2, 0) is 11.3 Å². The van der Waals surface area contributed by atoms with Gasteiger partial charge in [-0.1, -0.05) is 36.4 Å². The van der Waals surface area contributed by atoms with Gasteiger partial charge in [0.15, 0.2) is 0 Å². The lowest BCUT2D eigenvalue weighted by Gasteiger charge is -2.31.